The smallest absolute Gasteiger partial charge is 0.220 e. The number of amides is 1. The monoisotopic (exact) mass is 992 g/mol. The average Bonchev–Trinajstić information content (AvgIpc) is 3.34. The van der Waals surface area contributed by atoms with Crippen LogP contribution in [0.2, 0.25) is 0 Å². The van der Waals surface area contributed by atoms with Gasteiger partial charge in [-0.05, 0) is 44.9 Å². The quantitative estimate of drug-likeness (QED) is 0.0318. The molecule has 17 atom stereocenters. The number of aliphatic hydroxyl groups excluding tert-OH is 11. The molecule has 402 valence electrons. The van der Waals surface area contributed by atoms with Gasteiger partial charge in [-0.1, -0.05) is 127 Å². The van der Waals surface area contributed by atoms with E-state index in [1.54, 1.807) is 6.08 Å². The zero-order valence-electron chi connectivity index (χ0n) is 41.0. The Morgan fingerprint density at radius 2 is 0.986 bits per heavy atom. The van der Waals surface area contributed by atoms with Crippen LogP contribution in [0.1, 0.15) is 142 Å². The third-order valence-corrected chi connectivity index (χ3v) is 12.9. The van der Waals surface area contributed by atoms with E-state index in [9.17, 15) is 61.0 Å². The molecule has 3 saturated heterocycles. The summed E-state index contributed by atoms with van der Waals surface area (Å²) in [6.07, 6.45) is 5.81. The first-order chi connectivity index (χ1) is 33.3. The SMILES string of the molecule is CCC/C=C\C/C=C\CCCCCCCC(=O)NC(COC1OC(CO)C(OC2OC(CO)C(OC3OC(CO)C(O)C(O)C3O)C(O)C2O)C(O)C1O)C(O)/C=C/CCCCCCCCCCC. The number of hydrogen-bond donors (Lipinski definition) is 12. The van der Waals surface area contributed by atoms with Crippen molar-refractivity contribution in [2.24, 2.45) is 0 Å². The first-order valence-electron chi connectivity index (χ1n) is 25.7. The lowest BCUT2D eigenvalue weighted by molar-refractivity contribution is -0.379. The van der Waals surface area contributed by atoms with Crippen molar-refractivity contribution in [2.45, 2.75) is 247 Å². The normalized spacial score (nSPS) is 33.1. The summed E-state index contributed by atoms with van der Waals surface area (Å²) in [6.45, 7) is 1.58. The number of hydrogen-bond acceptors (Lipinski definition) is 18. The molecule has 3 aliphatic rings. The van der Waals surface area contributed by atoms with Crippen molar-refractivity contribution in [3.8, 4) is 0 Å². The molecule has 17 unspecified atom stereocenters. The van der Waals surface area contributed by atoms with Gasteiger partial charge < -0.3 is 89.9 Å². The van der Waals surface area contributed by atoms with Crippen molar-refractivity contribution in [1.82, 2.24) is 5.32 Å². The molecule has 3 rings (SSSR count). The van der Waals surface area contributed by atoms with Gasteiger partial charge >= 0.3 is 0 Å². The number of aliphatic hydroxyl groups is 11. The Morgan fingerprint density at radius 1 is 0.522 bits per heavy atom. The standard InChI is InChI=1S/C50H89NO18/c1-3-5-7-9-11-13-15-16-18-20-22-24-26-28-38(56)51-33(34(55)27-25-23-21-19-17-14-12-10-8-6-4-2)32-64-48-44(62)41(59)46(36(30-53)66-48)69-50-45(63)42(60)47(37(31-54)67-50)68-49-43(61)40(58)39(57)35(29-52)65-49/h7,9,13,15,25,27,33-37,39-50,52-55,57-63H,3-6,8,10-12,14,16-24,26,28-32H2,1-2H3,(H,51,56)/b9-7-,15-13-,27-25+. The van der Waals surface area contributed by atoms with Crippen molar-refractivity contribution in [3.63, 3.8) is 0 Å². The molecule has 0 aromatic heterocycles. The van der Waals surface area contributed by atoms with E-state index < -0.39 is 124 Å². The Hall–Kier alpha value is -1.99. The molecule has 0 bridgehead atoms. The van der Waals surface area contributed by atoms with E-state index in [0.717, 1.165) is 77.0 Å². The first-order valence-corrected chi connectivity index (χ1v) is 25.7. The van der Waals surface area contributed by atoms with E-state index >= 15 is 0 Å². The van der Waals surface area contributed by atoms with E-state index in [0.29, 0.717) is 6.42 Å². The minimum absolute atomic E-state index is 0.226. The molecule has 0 aliphatic carbocycles. The zero-order chi connectivity index (χ0) is 50.6. The Balaban J connectivity index is 1.57. The van der Waals surface area contributed by atoms with Crippen molar-refractivity contribution in [1.29, 1.82) is 0 Å². The minimum Gasteiger partial charge on any atom is -0.394 e. The van der Waals surface area contributed by atoms with Gasteiger partial charge in [-0.2, -0.15) is 0 Å². The van der Waals surface area contributed by atoms with E-state index in [-0.39, 0.29) is 18.9 Å². The molecule has 0 spiro atoms. The maximum atomic E-state index is 13.2. The predicted octanol–water partition coefficient (Wildman–Crippen LogP) is 1.81. The van der Waals surface area contributed by atoms with E-state index in [1.807, 2.05) is 6.08 Å². The second-order valence-corrected chi connectivity index (χ2v) is 18.6. The summed E-state index contributed by atoms with van der Waals surface area (Å²) in [5, 5.41) is 119. The minimum atomic E-state index is -1.98. The Labute approximate surface area is 409 Å². The molecule has 12 N–H and O–H groups in total. The molecular weight excluding hydrogens is 903 g/mol. The number of ether oxygens (including phenoxy) is 6. The van der Waals surface area contributed by atoms with Gasteiger partial charge in [0.05, 0.1) is 38.6 Å². The molecule has 3 heterocycles. The number of allylic oxidation sites excluding steroid dienone is 5. The molecule has 0 aromatic carbocycles. The van der Waals surface area contributed by atoms with Crippen LogP contribution in [-0.4, -0.2) is 193 Å². The summed E-state index contributed by atoms with van der Waals surface area (Å²) in [4.78, 5) is 13.2. The third-order valence-electron chi connectivity index (χ3n) is 12.9. The highest BCUT2D eigenvalue weighted by atomic mass is 16.8. The van der Waals surface area contributed by atoms with Gasteiger partial charge in [0.25, 0.3) is 0 Å². The topological polar surface area (TPSA) is 307 Å². The van der Waals surface area contributed by atoms with Gasteiger partial charge in [0, 0.05) is 6.42 Å². The fourth-order valence-corrected chi connectivity index (χ4v) is 8.58. The summed E-state index contributed by atoms with van der Waals surface area (Å²) >= 11 is 0. The summed E-state index contributed by atoms with van der Waals surface area (Å²) in [6, 6.07) is -0.976. The van der Waals surface area contributed by atoms with Crippen LogP contribution >= 0.6 is 0 Å². The Kier molecular flexibility index (Phi) is 31.3. The number of rotatable bonds is 35. The van der Waals surface area contributed by atoms with Crippen LogP contribution in [0.5, 0.6) is 0 Å². The van der Waals surface area contributed by atoms with Gasteiger partial charge in [0.15, 0.2) is 18.9 Å². The molecule has 1 amide bonds. The maximum absolute atomic E-state index is 13.2. The summed E-state index contributed by atoms with van der Waals surface area (Å²) < 4.78 is 34.1. The average molecular weight is 992 g/mol. The second-order valence-electron chi connectivity index (χ2n) is 18.6. The lowest BCUT2D eigenvalue weighted by Crippen LogP contribution is -2.66. The molecule has 19 nitrogen and oxygen atoms in total. The highest BCUT2D eigenvalue weighted by Gasteiger charge is 2.53. The van der Waals surface area contributed by atoms with Crippen LogP contribution < -0.4 is 5.32 Å². The van der Waals surface area contributed by atoms with Crippen LogP contribution in [0.3, 0.4) is 0 Å². The molecule has 19 heteroatoms. The van der Waals surface area contributed by atoms with Crippen LogP contribution in [0.4, 0.5) is 0 Å². The van der Waals surface area contributed by atoms with Crippen LogP contribution in [0.15, 0.2) is 36.5 Å². The molecule has 0 saturated carbocycles. The zero-order valence-corrected chi connectivity index (χ0v) is 41.0. The molecule has 69 heavy (non-hydrogen) atoms. The fraction of sp³-hybridized carbons (Fsp3) is 0.860. The number of carbonyl (C=O) groups excluding carboxylic acids is 1. The number of nitrogens with one attached hydrogen (secondary N) is 1. The second kappa shape index (κ2) is 35.2. The molecular formula is C50H89NO18. The number of unbranched alkanes of at least 4 members (excludes halogenated alkanes) is 15. The van der Waals surface area contributed by atoms with E-state index in [4.69, 9.17) is 28.4 Å². The third kappa shape index (κ3) is 21.2. The fourth-order valence-electron chi connectivity index (χ4n) is 8.58. The highest BCUT2D eigenvalue weighted by Crippen LogP contribution is 2.33. The van der Waals surface area contributed by atoms with Gasteiger partial charge in [-0.15, -0.1) is 0 Å². The summed E-state index contributed by atoms with van der Waals surface area (Å²) in [7, 11) is 0. The summed E-state index contributed by atoms with van der Waals surface area (Å²) in [5.41, 5.74) is 0. The van der Waals surface area contributed by atoms with Crippen LogP contribution in [-0.2, 0) is 33.2 Å². The van der Waals surface area contributed by atoms with Crippen molar-refractivity contribution < 1.29 is 89.4 Å². The summed E-state index contributed by atoms with van der Waals surface area (Å²) in [5.74, 6) is -0.295. The van der Waals surface area contributed by atoms with Crippen molar-refractivity contribution >= 4 is 5.91 Å². The molecule has 3 aliphatic heterocycles. The number of carbonyl (C=O) groups is 1. The first kappa shape index (κ1) is 61.3. The van der Waals surface area contributed by atoms with Gasteiger partial charge in [-0.25, -0.2) is 0 Å². The van der Waals surface area contributed by atoms with Crippen LogP contribution in [0.25, 0.3) is 0 Å². The lowest BCUT2D eigenvalue weighted by Gasteiger charge is -2.48. The molecule has 0 radical (unpaired) electrons. The van der Waals surface area contributed by atoms with Gasteiger partial charge in [-0.3, -0.25) is 4.79 Å². The Morgan fingerprint density at radius 3 is 1.54 bits per heavy atom. The van der Waals surface area contributed by atoms with E-state index in [1.165, 1.54) is 38.5 Å². The van der Waals surface area contributed by atoms with Crippen molar-refractivity contribution in [2.75, 3.05) is 26.4 Å². The maximum Gasteiger partial charge on any atom is 0.220 e. The van der Waals surface area contributed by atoms with Gasteiger partial charge in [0.2, 0.25) is 5.91 Å². The molecule has 3 fully saturated rings. The molecule has 0 aromatic rings. The van der Waals surface area contributed by atoms with E-state index in [2.05, 4.69) is 43.5 Å². The van der Waals surface area contributed by atoms with Crippen molar-refractivity contribution in [3.05, 3.63) is 36.5 Å². The largest absolute Gasteiger partial charge is 0.394 e. The van der Waals surface area contributed by atoms with Crippen LogP contribution in [0, 0.1) is 0 Å². The predicted molar refractivity (Wildman–Crippen MR) is 254 cm³/mol. The van der Waals surface area contributed by atoms with Gasteiger partial charge in [0.1, 0.15) is 73.2 Å². The lowest BCUT2D eigenvalue weighted by atomic mass is 9.96. The highest BCUT2D eigenvalue weighted by molar-refractivity contribution is 5.76. The Bertz CT molecular complexity index is 1420.